The van der Waals surface area contributed by atoms with Gasteiger partial charge in [-0.25, -0.2) is 0 Å². The first kappa shape index (κ1) is 22.0. The number of nitrogens with two attached hydrogens (primary N) is 1. The highest BCUT2D eigenvalue weighted by atomic mass is 127. The Balaban J connectivity index is 1.90. The van der Waals surface area contributed by atoms with Crippen LogP contribution in [0.15, 0.2) is 24.3 Å². The van der Waals surface area contributed by atoms with E-state index in [-0.39, 0.29) is 25.0 Å². The van der Waals surface area contributed by atoms with Gasteiger partial charge in [-0.05, 0) is 41.1 Å². The predicted octanol–water partition coefficient (Wildman–Crippen LogP) is 1.34. The van der Waals surface area contributed by atoms with Crippen molar-refractivity contribution in [1.82, 2.24) is 5.32 Å². The molecule has 0 bridgehead atoms. The molecule has 3 N–H and O–H groups in total. The first-order valence-electron chi connectivity index (χ1n) is 8.12. The third-order valence-corrected chi connectivity index (χ3v) is 3.79. The van der Waals surface area contributed by atoms with Crippen molar-refractivity contribution >= 4 is 34.3 Å². The first-order chi connectivity index (χ1) is 12.1. The number of rotatable bonds is 14. The van der Waals surface area contributed by atoms with Gasteiger partial charge in [0.25, 0.3) is 0 Å². The van der Waals surface area contributed by atoms with Gasteiger partial charge in [0.15, 0.2) is 5.78 Å². The van der Waals surface area contributed by atoms with Gasteiger partial charge in [0, 0.05) is 22.2 Å². The molecule has 0 aromatic heterocycles. The van der Waals surface area contributed by atoms with Crippen LogP contribution in [0.2, 0.25) is 0 Å². The van der Waals surface area contributed by atoms with Gasteiger partial charge < -0.3 is 25.3 Å². The Labute approximate surface area is 161 Å². The fraction of sp³-hybridized carbons (Fsp3) is 0.529. The Kier molecular flexibility index (Phi) is 12.4. The predicted molar refractivity (Wildman–Crippen MR) is 102 cm³/mol. The van der Waals surface area contributed by atoms with Crippen molar-refractivity contribution in [2.24, 2.45) is 5.73 Å². The second-order valence-corrected chi connectivity index (χ2v) is 6.36. The number of hydrogen-bond acceptors (Lipinski definition) is 6. The standard InChI is InChI=1S/C17H25IN2O5/c18-15-4-1-3-14(11-15)16(21)5-2-6-23-7-8-24-9-10-25-12-17(22)20-13-19/h1,3-4,11H,2,5-10,12-13,19H2,(H,20,22)/i18+0. The molecular formula is C17H25IN2O5. The molecule has 1 rings (SSSR count). The largest absolute Gasteiger partial charge is 0.379 e. The average Bonchev–Trinajstić information content (AvgIpc) is 2.59. The second-order valence-electron chi connectivity index (χ2n) is 5.12. The number of carbonyl (C=O) groups is 2. The molecular weight excluding hydrogens is 439 g/mol. The van der Waals surface area contributed by atoms with Crippen LogP contribution in [0.4, 0.5) is 0 Å². The van der Waals surface area contributed by atoms with Crippen molar-refractivity contribution in [2.75, 3.05) is 46.3 Å². The molecule has 0 heterocycles. The molecule has 25 heavy (non-hydrogen) atoms. The van der Waals surface area contributed by atoms with Gasteiger partial charge in [-0.2, -0.15) is 0 Å². The lowest BCUT2D eigenvalue weighted by Gasteiger charge is -2.07. The van der Waals surface area contributed by atoms with Crippen LogP contribution in [0.5, 0.6) is 0 Å². The lowest BCUT2D eigenvalue weighted by Crippen LogP contribution is -2.32. The van der Waals surface area contributed by atoms with Crippen LogP contribution in [0.3, 0.4) is 0 Å². The molecule has 0 aliphatic carbocycles. The van der Waals surface area contributed by atoms with Gasteiger partial charge in [0.05, 0.1) is 33.1 Å². The lowest BCUT2D eigenvalue weighted by atomic mass is 10.1. The molecule has 8 heteroatoms. The summed E-state index contributed by atoms with van der Waals surface area (Å²) in [6, 6.07) is 7.57. The molecule has 0 aliphatic heterocycles. The highest BCUT2D eigenvalue weighted by molar-refractivity contribution is 14.1. The van der Waals surface area contributed by atoms with E-state index in [0.29, 0.717) is 45.9 Å². The molecule has 140 valence electrons. The number of nitrogens with one attached hydrogen (secondary N) is 1. The Bertz CT molecular complexity index is 528. The smallest absolute Gasteiger partial charge is 0.246 e. The molecule has 7 nitrogen and oxygen atoms in total. The van der Waals surface area contributed by atoms with Crippen LogP contribution in [-0.2, 0) is 19.0 Å². The van der Waals surface area contributed by atoms with E-state index in [1.807, 2.05) is 24.3 Å². The van der Waals surface area contributed by atoms with Crippen LogP contribution in [0.25, 0.3) is 0 Å². The number of ether oxygens (including phenoxy) is 3. The van der Waals surface area contributed by atoms with Crippen LogP contribution in [-0.4, -0.2) is 58.0 Å². The van der Waals surface area contributed by atoms with Crippen molar-refractivity contribution in [3.8, 4) is 0 Å². The molecule has 0 saturated heterocycles. The molecule has 0 spiro atoms. The zero-order valence-corrected chi connectivity index (χ0v) is 16.3. The molecule has 0 unspecified atom stereocenters. The minimum absolute atomic E-state index is 0.0223. The second kappa shape index (κ2) is 14.1. The van der Waals surface area contributed by atoms with Gasteiger partial charge in [0.2, 0.25) is 5.91 Å². The fourth-order valence-electron chi connectivity index (χ4n) is 1.91. The van der Waals surface area contributed by atoms with Crippen molar-refractivity contribution in [2.45, 2.75) is 12.8 Å². The van der Waals surface area contributed by atoms with E-state index in [2.05, 4.69) is 27.9 Å². The van der Waals surface area contributed by atoms with E-state index in [1.54, 1.807) is 0 Å². The Morgan fingerprint density at radius 1 is 1.04 bits per heavy atom. The first-order valence-corrected chi connectivity index (χ1v) is 9.20. The molecule has 0 radical (unpaired) electrons. The zero-order valence-electron chi connectivity index (χ0n) is 14.2. The number of hydrogen-bond donors (Lipinski definition) is 2. The topological polar surface area (TPSA) is 99.9 Å². The van der Waals surface area contributed by atoms with Gasteiger partial charge in [-0.3, -0.25) is 9.59 Å². The van der Waals surface area contributed by atoms with Crippen LogP contribution >= 0.6 is 22.6 Å². The summed E-state index contributed by atoms with van der Waals surface area (Å²) in [5.41, 5.74) is 5.90. The lowest BCUT2D eigenvalue weighted by molar-refractivity contribution is -0.126. The third-order valence-electron chi connectivity index (χ3n) is 3.12. The molecule has 0 aliphatic rings. The highest BCUT2D eigenvalue weighted by Gasteiger charge is 2.05. The number of Topliss-reactive ketones (excluding diaryl/α,β-unsaturated/α-hetero) is 1. The van der Waals surface area contributed by atoms with E-state index in [0.717, 1.165) is 9.13 Å². The maximum Gasteiger partial charge on any atom is 0.246 e. The van der Waals surface area contributed by atoms with E-state index >= 15 is 0 Å². The van der Waals surface area contributed by atoms with E-state index < -0.39 is 0 Å². The summed E-state index contributed by atoms with van der Waals surface area (Å²) in [7, 11) is 0. The summed E-state index contributed by atoms with van der Waals surface area (Å²) in [5.74, 6) is -0.111. The number of benzene rings is 1. The van der Waals surface area contributed by atoms with E-state index in [9.17, 15) is 9.59 Å². The average molecular weight is 464 g/mol. The van der Waals surface area contributed by atoms with Crippen LogP contribution in [0, 0.1) is 3.57 Å². The van der Waals surface area contributed by atoms with Gasteiger partial charge in [-0.1, -0.05) is 12.1 Å². The summed E-state index contributed by atoms with van der Waals surface area (Å²) in [6.45, 7) is 2.24. The van der Waals surface area contributed by atoms with Crippen molar-refractivity contribution in [3.05, 3.63) is 33.4 Å². The zero-order chi connectivity index (χ0) is 18.3. The summed E-state index contributed by atoms with van der Waals surface area (Å²) in [5, 5.41) is 2.43. The van der Waals surface area contributed by atoms with Gasteiger partial charge >= 0.3 is 0 Å². The van der Waals surface area contributed by atoms with Crippen LogP contribution in [0.1, 0.15) is 23.2 Å². The van der Waals surface area contributed by atoms with Gasteiger partial charge in [-0.15, -0.1) is 0 Å². The minimum Gasteiger partial charge on any atom is -0.379 e. The summed E-state index contributed by atoms with van der Waals surface area (Å²) < 4.78 is 16.9. The SMILES string of the molecule is NCNC(=O)COCCOCCOCCCC(=O)c1cccc([127I])c1. The van der Waals surface area contributed by atoms with E-state index in [4.69, 9.17) is 19.9 Å². The molecule has 0 fully saturated rings. The number of ketones is 1. The number of carbonyl (C=O) groups excluding carboxylic acids is 2. The summed E-state index contributed by atoms with van der Waals surface area (Å²) in [6.07, 6.45) is 1.16. The maximum absolute atomic E-state index is 12.0. The Hall–Kier alpha value is -1.07. The molecule has 1 amide bonds. The normalized spacial score (nSPS) is 10.6. The van der Waals surface area contributed by atoms with Crippen molar-refractivity contribution < 1.29 is 23.8 Å². The fourth-order valence-corrected chi connectivity index (χ4v) is 2.45. The minimum atomic E-state index is -0.245. The van der Waals surface area contributed by atoms with Crippen molar-refractivity contribution in [1.29, 1.82) is 0 Å². The molecule has 1 aromatic rings. The highest BCUT2D eigenvalue weighted by Crippen LogP contribution is 2.10. The Morgan fingerprint density at radius 2 is 1.72 bits per heavy atom. The molecule has 0 atom stereocenters. The van der Waals surface area contributed by atoms with E-state index in [1.165, 1.54) is 0 Å². The third kappa shape index (κ3) is 11.2. The maximum atomic E-state index is 12.0. The van der Waals surface area contributed by atoms with Crippen LogP contribution < -0.4 is 11.1 Å². The number of amides is 1. The summed E-state index contributed by atoms with van der Waals surface area (Å²) in [4.78, 5) is 23.0. The Morgan fingerprint density at radius 3 is 2.40 bits per heavy atom. The van der Waals surface area contributed by atoms with Crippen molar-refractivity contribution in [3.63, 3.8) is 0 Å². The monoisotopic (exact) mass is 464 g/mol. The number of halogens is 1. The quantitative estimate of drug-likeness (QED) is 0.187. The summed E-state index contributed by atoms with van der Waals surface area (Å²) >= 11 is 2.19. The molecule has 1 aromatic carbocycles. The molecule has 0 saturated carbocycles. The van der Waals surface area contributed by atoms with Gasteiger partial charge in [0.1, 0.15) is 6.61 Å².